The highest BCUT2D eigenvalue weighted by molar-refractivity contribution is 7.88. The number of hydrogen-bond acceptors (Lipinski definition) is 5. The molecule has 1 N–H and O–H groups in total. The van der Waals surface area contributed by atoms with Crippen molar-refractivity contribution in [3.63, 3.8) is 0 Å². The van der Waals surface area contributed by atoms with Crippen molar-refractivity contribution in [3.05, 3.63) is 34.9 Å². The molecule has 0 aliphatic carbocycles. The Bertz CT molecular complexity index is 702. The second kappa shape index (κ2) is 10.4. The Morgan fingerprint density at radius 3 is 2.73 bits per heavy atom. The van der Waals surface area contributed by atoms with Crippen LogP contribution < -0.4 is 0 Å². The highest BCUT2D eigenvalue weighted by Crippen LogP contribution is 2.17. The van der Waals surface area contributed by atoms with Gasteiger partial charge in [0.15, 0.2) is 0 Å². The molecular weight excluding hydrogens is 403 g/mol. The van der Waals surface area contributed by atoms with Crippen molar-refractivity contribution < 1.29 is 23.1 Å². The number of hydrogen-bond donors (Lipinski definition) is 1. The maximum Gasteiger partial charge on any atom is 0.318 e. The van der Waals surface area contributed by atoms with Gasteiger partial charge in [-0.05, 0) is 18.1 Å². The number of carbonyl (C=O) groups is 1. The summed E-state index contributed by atoms with van der Waals surface area (Å²) >= 11 is 6.17. The largest absolute Gasteiger partial charge is 0.480 e. The summed E-state index contributed by atoms with van der Waals surface area (Å²) < 4.78 is 30.1. The second-order valence-corrected chi connectivity index (χ2v) is 8.47. The zero-order valence-electron chi connectivity index (χ0n) is 14.5. The Kier molecular flexibility index (Phi) is 9.29. The molecule has 1 atom stereocenters. The van der Waals surface area contributed by atoms with E-state index in [1.54, 1.807) is 0 Å². The number of halogens is 2. The maximum atomic E-state index is 11.7. The summed E-state index contributed by atoms with van der Waals surface area (Å²) in [6, 6.07) is 7.67. The summed E-state index contributed by atoms with van der Waals surface area (Å²) in [6.07, 6.45) is 1.44. The molecule has 1 unspecified atom stereocenters. The lowest BCUT2D eigenvalue weighted by Crippen LogP contribution is -2.49. The number of benzene rings is 1. The van der Waals surface area contributed by atoms with Crippen molar-refractivity contribution in [2.24, 2.45) is 0 Å². The van der Waals surface area contributed by atoms with Gasteiger partial charge in [-0.3, -0.25) is 9.69 Å². The lowest BCUT2D eigenvalue weighted by molar-refractivity contribution is -0.137. The number of nitrogens with zero attached hydrogens (tertiary/aromatic N) is 2. The predicted molar refractivity (Wildman–Crippen MR) is 103 cm³/mol. The highest BCUT2D eigenvalue weighted by atomic mass is 35.5. The van der Waals surface area contributed by atoms with Crippen molar-refractivity contribution >= 4 is 40.0 Å². The fraction of sp³-hybridized carbons (Fsp3) is 0.562. The quantitative estimate of drug-likeness (QED) is 0.674. The fourth-order valence-corrected chi connectivity index (χ4v) is 3.78. The Balaban J connectivity index is 0.00000338. The van der Waals surface area contributed by atoms with Gasteiger partial charge in [-0.25, -0.2) is 8.42 Å². The van der Waals surface area contributed by atoms with Gasteiger partial charge in [0.2, 0.25) is 10.0 Å². The van der Waals surface area contributed by atoms with E-state index in [4.69, 9.17) is 21.4 Å². The predicted octanol–water partition coefficient (Wildman–Crippen LogP) is 1.35. The first-order valence-corrected chi connectivity index (χ1v) is 10.2. The lowest BCUT2D eigenvalue weighted by atomic mass is 10.1. The molecule has 1 aromatic carbocycles. The van der Waals surface area contributed by atoms with Crippen LogP contribution in [0.15, 0.2) is 24.3 Å². The van der Waals surface area contributed by atoms with Gasteiger partial charge in [-0.2, -0.15) is 4.31 Å². The molecule has 0 aromatic heterocycles. The molecule has 7 nitrogen and oxygen atoms in total. The van der Waals surface area contributed by atoms with Crippen LogP contribution >= 0.6 is 24.0 Å². The van der Waals surface area contributed by atoms with E-state index in [0.29, 0.717) is 13.2 Å². The molecule has 1 fully saturated rings. The van der Waals surface area contributed by atoms with Crippen molar-refractivity contribution in [2.75, 3.05) is 45.6 Å². The molecule has 148 valence electrons. The molecule has 0 amide bonds. The number of carboxylic acids is 1. The third-order valence-corrected chi connectivity index (χ3v) is 5.65. The van der Waals surface area contributed by atoms with Crippen LogP contribution in [0.1, 0.15) is 5.56 Å². The van der Waals surface area contributed by atoms with Gasteiger partial charge in [0.1, 0.15) is 6.54 Å². The molecule has 0 bridgehead atoms. The molecule has 0 radical (unpaired) electrons. The van der Waals surface area contributed by atoms with Gasteiger partial charge in [0.05, 0.1) is 19.0 Å². The van der Waals surface area contributed by atoms with E-state index >= 15 is 0 Å². The van der Waals surface area contributed by atoms with Crippen LogP contribution in [0.4, 0.5) is 0 Å². The summed E-state index contributed by atoms with van der Waals surface area (Å²) in [6.45, 7) is 2.04. The first kappa shape index (κ1) is 23.1. The third kappa shape index (κ3) is 7.38. The summed E-state index contributed by atoms with van der Waals surface area (Å²) in [5.74, 6) is -1.18. The molecule has 0 saturated carbocycles. The summed E-state index contributed by atoms with van der Waals surface area (Å²) in [5.41, 5.74) is 1.07. The number of carboxylic acid groups (broad SMARTS) is 1. The minimum absolute atomic E-state index is 0. The van der Waals surface area contributed by atoms with Gasteiger partial charge in [-0.1, -0.05) is 29.8 Å². The zero-order chi connectivity index (χ0) is 18.4. The molecule has 1 aliphatic heterocycles. The van der Waals surface area contributed by atoms with Gasteiger partial charge < -0.3 is 9.84 Å². The van der Waals surface area contributed by atoms with E-state index in [2.05, 4.69) is 4.90 Å². The van der Waals surface area contributed by atoms with E-state index in [1.165, 1.54) is 0 Å². The van der Waals surface area contributed by atoms with Crippen LogP contribution in [0.25, 0.3) is 0 Å². The van der Waals surface area contributed by atoms with Crippen molar-refractivity contribution in [3.8, 4) is 0 Å². The van der Waals surface area contributed by atoms with Gasteiger partial charge in [0.25, 0.3) is 0 Å². The Labute approximate surface area is 165 Å². The minimum atomic E-state index is -3.60. The van der Waals surface area contributed by atoms with E-state index in [-0.39, 0.29) is 25.1 Å². The molecule has 1 heterocycles. The van der Waals surface area contributed by atoms with E-state index < -0.39 is 22.5 Å². The monoisotopic (exact) mass is 426 g/mol. The first-order chi connectivity index (χ1) is 11.8. The normalized spacial score (nSPS) is 18.5. The molecule has 1 saturated heterocycles. The summed E-state index contributed by atoms with van der Waals surface area (Å²) in [5, 5.41) is 9.63. The van der Waals surface area contributed by atoms with Crippen LogP contribution in [0, 0.1) is 0 Å². The molecule has 1 aromatic rings. The van der Waals surface area contributed by atoms with Gasteiger partial charge in [0, 0.05) is 31.2 Å². The highest BCUT2D eigenvalue weighted by Gasteiger charge is 2.27. The molecule has 0 spiro atoms. The van der Waals surface area contributed by atoms with E-state index in [0.717, 1.165) is 40.7 Å². The Morgan fingerprint density at radius 1 is 1.42 bits per heavy atom. The number of morpholine rings is 1. The summed E-state index contributed by atoms with van der Waals surface area (Å²) in [4.78, 5) is 13.1. The number of sulfonamides is 1. The van der Waals surface area contributed by atoms with Crippen LogP contribution in [0.5, 0.6) is 0 Å². The van der Waals surface area contributed by atoms with Crippen molar-refractivity contribution in [1.82, 2.24) is 9.21 Å². The van der Waals surface area contributed by atoms with Crippen LogP contribution in [0.3, 0.4) is 0 Å². The fourth-order valence-electron chi connectivity index (χ4n) is 2.77. The third-order valence-electron chi connectivity index (χ3n) is 4.07. The number of rotatable bonds is 8. The van der Waals surface area contributed by atoms with Crippen molar-refractivity contribution in [2.45, 2.75) is 12.5 Å². The standard InChI is InChI=1S/C16H23ClN2O5S.ClH/c1-25(22,23)19(12-16(20)21)11-14-10-18(8-9-24-14)7-6-13-4-2-3-5-15(13)17;/h2-5,14H,6-12H2,1H3,(H,20,21);1H. The average molecular weight is 427 g/mol. The van der Waals surface area contributed by atoms with Gasteiger partial charge >= 0.3 is 5.97 Å². The second-order valence-electron chi connectivity index (χ2n) is 6.08. The van der Waals surface area contributed by atoms with Gasteiger partial charge in [-0.15, -0.1) is 12.4 Å². The maximum absolute atomic E-state index is 11.7. The van der Waals surface area contributed by atoms with E-state index in [9.17, 15) is 13.2 Å². The van der Waals surface area contributed by atoms with E-state index in [1.807, 2.05) is 24.3 Å². The van der Waals surface area contributed by atoms with Crippen LogP contribution in [-0.2, 0) is 26.0 Å². The summed E-state index contributed by atoms with van der Waals surface area (Å²) in [7, 11) is -3.60. The topological polar surface area (TPSA) is 87.2 Å². The average Bonchev–Trinajstić information content (AvgIpc) is 2.53. The number of aliphatic carboxylic acids is 1. The molecular formula is C16H24Cl2N2O5S. The van der Waals surface area contributed by atoms with Crippen LogP contribution in [0.2, 0.25) is 5.02 Å². The first-order valence-electron chi connectivity index (χ1n) is 8.00. The number of ether oxygens (including phenoxy) is 1. The molecule has 10 heteroatoms. The molecule has 26 heavy (non-hydrogen) atoms. The minimum Gasteiger partial charge on any atom is -0.480 e. The zero-order valence-corrected chi connectivity index (χ0v) is 16.9. The lowest BCUT2D eigenvalue weighted by Gasteiger charge is -2.34. The Hall–Kier alpha value is -0.900. The molecule has 2 rings (SSSR count). The van der Waals surface area contributed by atoms with Crippen molar-refractivity contribution in [1.29, 1.82) is 0 Å². The smallest absolute Gasteiger partial charge is 0.318 e. The molecule has 1 aliphatic rings. The van der Waals surface area contributed by atoms with Crippen LogP contribution in [-0.4, -0.2) is 80.4 Å². The SMILES string of the molecule is CS(=O)(=O)N(CC(=O)O)CC1CN(CCc2ccccc2Cl)CCO1.Cl. The Morgan fingerprint density at radius 2 is 2.12 bits per heavy atom.